The van der Waals surface area contributed by atoms with Crippen LogP contribution < -0.4 is 0 Å². The molecule has 0 spiro atoms. The van der Waals surface area contributed by atoms with E-state index in [1.54, 1.807) is 17.8 Å². The summed E-state index contributed by atoms with van der Waals surface area (Å²) in [6.45, 7) is 4.19. The molecule has 1 heterocycles. The molecule has 0 atom stereocenters. The molecule has 98 valence electrons. The zero-order chi connectivity index (χ0) is 13.8. The average molecular weight is 273 g/mol. The van der Waals surface area contributed by atoms with Gasteiger partial charge in [-0.25, -0.2) is 9.78 Å². The molecule has 0 aliphatic heterocycles. The van der Waals surface area contributed by atoms with E-state index in [1.165, 1.54) is 22.9 Å². The molecule has 0 fully saturated rings. The lowest BCUT2D eigenvalue weighted by atomic mass is 10.1. The lowest BCUT2D eigenvalue weighted by molar-refractivity contribution is 0.0690. The second-order valence-corrected chi connectivity index (χ2v) is 5.39. The zero-order valence-electron chi connectivity index (χ0n) is 10.9. The molecule has 0 saturated carbocycles. The van der Waals surface area contributed by atoms with E-state index in [1.807, 2.05) is 12.1 Å². The molecular formula is C15H15NO2S. The molecule has 0 aliphatic carbocycles. The van der Waals surface area contributed by atoms with Gasteiger partial charge in [0.05, 0.1) is 0 Å². The summed E-state index contributed by atoms with van der Waals surface area (Å²) < 4.78 is 0. The first-order valence-corrected chi connectivity index (χ1v) is 6.93. The minimum atomic E-state index is -0.991. The second-order valence-electron chi connectivity index (χ2n) is 4.34. The molecule has 19 heavy (non-hydrogen) atoms. The Morgan fingerprint density at radius 2 is 1.95 bits per heavy atom. The van der Waals surface area contributed by atoms with E-state index in [0.29, 0.717) is 0 Å². The molecule has 0 amide bonds. The van der Waals surface area contributed by atoms with Crippen molar-refractivity contribution < 1.29 is 9.90 Å². The van der Waals surface area contributed by atoms with Crippen molar-refractivity contribution in [2.75, 3.05) is 0 Å². The highest BCUT2D eigenvalue weighted by atomic mass is 32.2. The van der Waals surface area contributed by atoms with Crippen LogP contribution in [0.25, 0.3) is 0 Å². The molecule has 1 aromatic carbocycles. The average Bonchev–Trinajstić information content (AvgIpc) is 2.38. The van der Waals surface area contributed by atoms with E-state index in [0.717, 1.165) is 10.6 Å². The third-order valence-corrected chi connectivity index (χ3v) is 4.00. The van der Waals surface area contributed by atoms with E-state index >= 15 is 0 Å². The summed E-state index contributed by atoms with van der Waals surface area (Å²) in [5.41, 5.74) is 3.92. The van der Waals surface area contributed by atoms with Crippen LogP contribution in [-0.2, 0) is 5.75 Å². The third kappa shape index (κ3) is 3.35. The second kappa shape index (κ2) is 5.89. The smallest absolute Gasteiger partial charge is 0.354 e. The number of carboxylic acid groups (broad SMARTS) is 1. The maximum Gasteiger partial charge on any atom is 0.354 e. The fourth-order valence-electron chi connectivity index (χ4n) is 1.85. The van der Waals surface area contributed by atoms with Crippen molar-refractivity contribution in [1.82, 2.24) is 4.98 Å². The number of carbonyl (C=O) groups is 1. The van der Waals surface area contributed by atoms with Gasteiger partial charge in [0.25, 0.3) is 0 Å². The van der Waals surface area contributed by atoms with Crippen LogP contribution in [0.15, 0.2) is 41.4 Å². The summed E-state index contributed by atoms with van der Waals surface area (Å²) in [6.07, 6.45) is 1.54. The van der Waals surface area contributed by atoms with E-state index in [9.17, 15) is 4.79 Å². The van der Waals surface area contributed by atoms with Crippen molar-refractivity contribution >= 4 is 17.7 Å². The normalized spacial score (nSPS) is 10.4. The minimum Gasteiger partial charge on any atom is -0.477 e. The summed E-state index contributed by atoms with van der Waals surface area (Å²) in [6, 6.07) is 9.69. The van der Waals surface area contributed by atoms with Gasteiger partial charge in [0.1, 0.15) is 5.69 Å². The Labute approximate surface area is 116 Å². The number of benzene rings is 1. The van der Waals surface area contributed by atoms with Crippen LogP contribution in [0.2, 0.25) is 0 Å². The number of nitrogens with zero attached hydrogens (tertiary/aromatic N) is 1. The van der Waals surface area contributed by atoms with Crippen molar-refractivity contribution in [2.45, 2.75) is 24.5 Å². The highest BCUT2D eigenvalue weighted by Crippen LogP contribution is 2.26. The zero-order valence-corrected chi connectivity index (χ0v) is 11.7. The fourth-order valence-corrected chi connectivity index (χ4v) is 2.97. The fraction of sp³-hybridized carbons (Fsp3) is 0.200. The van der Waals surface area contributed by atoms with Gasteiger partial charge in [0.2, 0.25) is 0 Å². The summed E-state index contributed by atoms with van der Waals surface area (Å²) in [4.78, 5) is 15.6. The number of aryl methyl sites for hydroxylation is 2. The molecule has 0 radical (unpaired) electrons. The third-order valence-electron chi connectivity index (χ3n) is 2.98. The van der Waals surface area contributed by atoms with Crippen molar-refractivity contribution in [3.63, 3.8) is 0 Å². The molecule has 0 unspecified atom stereocenters. The number of hydrogen-bond acceptors (Lipinski definition) is 3. The molecule has 0 bridgehead atoms. The highest BCUT2D eigenvalue weighted by molar-refractivity contribution is 7.98. The van der Waals surface area contributed by atoms with E-state index < -0.39 is 5.97 Å². The van der Waals surface area contributed by atoms with E-state index in [-0.39, 0.29) is 5.69 Å². The maximum atomic E-state index is 10.9. The van der Waals surface area contributed by atoms with Crippen molar-refractivity contribution in [3.8, 4) is 0 Å². The molecule has 0 aliphatic rings. The predicted octanol–water partition coefficient (Wildman–Crippen LogP) is 3.69. The van der Waals surface area contributed by atoms with Gasteiger partial charge < -0.3 is 5.11 Å². The Morgan fingerprint density at radius 1 is 1.26 bits per heavy atom. The van der Waals surface area contributed by atoms with Gasteiger partial charge in [0.15, 0.2) is 0 Å². The molecule has 2 rings (SSSR count). The lowest BCUT2D eigenvalue weighted by Crippen LogP contribution is -1.99. The molecular weight excluding hydrogens is 258 g/mol. The molecule has 0 saturated heterocycles. The first-order chi connectivity index (χ1) is 9.08. The van der Waals surface area contributed by atoms with E-state index in [2.05, 4.69) is 31.0 Å². The van der Waals surface area contributed by atoms with Gasteiger partial charge in [0, 0.05) is 16.8 Å². The quantitative estimate of drug-likeness (QED) is 0.863. The topological polar surface area (TPSA) is 50.2 Å². The van der Waals surface area contributed by atoms with Gasteiger partial charge in [-0.15, -0.1) is 11.8 Å². The van der Waals surface area contributed by atoms with Gasteiger partial charge in [-0.1, -0.05) is 18.2 Å². The standard InChI is InChI=1S/C15H15NO2S/c1-10-4-3-5-11(2)13(10)9-19-12-6-7-16-14(8-12)15(17)18/h3-8H,9H2,1-2H3,(H,17,18). The maximum absolute atomic E-state index is 10.9. The number of pyridine rings is 1. The van der Waals surface area contributed by atoms with Gasteiger partial charge in [-0.05, 0) is 42.7 Å². The Hall–Kier alpha value is -1.81. The van der Waals surface area contributed by atoms with Crippen LogP contribution >= 0.6 is 11.8 Å². The molecule has 1 aromatic heterocycles. The van der Waals surface area contributed by atoms with Crippen molar-refractivity contribution in [2.24, 2.45) is 0 Å². The van der Waals surface area contributed by atoms with E-state index in [4.69, 9.17) is 5.11 Å². The number of aromatic carboxylic acids is 1. The summed E-state index contributed by atoms with van der Waals surface area (Å²) in [5, 5.41) is 8.91. The number of rotatable bonds is 4. The number of carboxylic acids is 1. The molecule has 2 aromatic rings. The number of hydrogen-bond donors (Lipinski definition) is 1. The van der Waals surface area contributed by atoms with Crippen LogP contribution in [0.1, 0.15) is 27.2 Å². The molecule has 3 nitrogen and oxygen atoms in total. The van der Waals surface area contributed by atoms with Crippen LogP contribution in [0, 0.1) is 13.8 Å². The first kappa shape index (κ1) is 13.6. The van der Waals surface area contributed by atoms with Gasteiger partial charge in [-0.2, -0.15) is 0 Å². The molecule has 1 N–H and O–H groups in total. The number of thioether (sulfide) groups is 1. The minimum absolute atomic E-state index is 0.0894. The highest BCUT2D eigenvalue weighted by Gasteiger charge is 2.07. The first-order valence-electron chi connectivity index (χ1n) is 5.95. The molecule has 4 heteroatoms. The Kier molecular flexibility index (Phi) is 4.22. The lowest BCUT2D eigenvalue weighted by Gasteiger charge is -2.09. The van der Waals surface area contributed by atoms with Gasteiger partial charge >= 0.3 is 5.97 Å². The largest absolute Gasteiger partial charge is 0.477 e. The Bertz CT molecular complexity index is 591. The van der Waals surface area contributed by atoms with Crippen LogP contribution in [0.5, 0.6) is 0 Å². The summed E-state index contributed by atoms with van der Waals surface area (Å²) >= 11 is 1.63. The van der Waals surface area contributed by atoms with Crippen molar-refractivity contribution in [1.29, 1.82) is 0 Å². The predicted molar refractivity (Wildman–Crippen MR) is 76.7 cm³/mol. The summed E-state index contributed by atoms with van der Waals surface area (Å²) in [5.74, 6) is -0.156. The van der Waals surface area contributed by atoms with Crippen molar-refractivity contribution in [3.05, 3.63) is 58.9 Å². The number of aromatic nitrogens is 1. The monoisotopic (exact) mass is 273 g/mol. The van der Waals surface area contributed by atoms with Crippen LogP contribution in [-0.4, -0.2) is 16.1 Å². The van der Waals surface area contributed by atoms with Gasteiger partial charge in [-0.3, -0.25) is 0 Å². The SMILES string of the molecule is Cc1cccc(C)c1CSc1ccnc(C(=O)O)c1. The van der Waals surface area contributed by atoms with Crippen LogP contribution in [0.3, 0.4) is 0 Å². The Morgan fingerprint density at radius 3 is 2.58 bits per heavy atom. The Balaban J connectivity index is 2.15. The van der Waals surface area contributed by atoms with Crippen LogP contribution in [0.4, 0.5) is 0 Å². The summed E-state index contributed by atoms with van der Waals surface area (Å²) in [7, 11) is 0.